The molecule has 7 heteroatoms. The molecule has 1 atom stereocenters. The van der Waals surface area contributed by atoms with Gasteiger partial charge in [-0.15, -0.1) is 0 Å². The molecule has 0 spiro atoms. The quantitative estimate of drug-likeness (QED) is 0.680. The summed E-state index contributed by atoms with van der Waals surface area (Å²) in [4.78, 5) is 13.8. The maximum atomic E-state index is 12.1. The molecule has 6 nitrogen and oxygen atoms in total. The van der Waals surface area contributed by atoms with E-state index in [1.165, 1.54) is 7.11 Å². The zero-order chi connectivity index (χ0) is 16.8. The molecule has 0 saturated heterocycles. The molecule has 0 N–H and O–H groups in total. The zero-order valence-electron chi connectivity index (χ0n) is 13.4. The van der Waals surface area contributed by atoms with Gasteiger partial charge in [0.15, 0.2) is 0 Å². The highest BCUT2D eigenvalue weighted by atomic mass is 32.2. The van der Waals surface area contributed by atoms with E-state index in [9.17, 15) is 13.2 Å². The van der Waals surface area contributed by atoms with Crippen LogP contribution in [0.5, 0.6) is 5.75 Å². The number of benzene rings is 1. The van der Waals surface area contributed by atoms with Gasteiger partial charge >= 0.3 is 10.1 Å². The van der Waals surface area contributed by atoms with Crippen molar-refractivity contribution in [2.45, 2.75) is 32.9 Å². The number of amides is 1. The Hall–Kier alpha value is -1.60. The van der Waals surface area contributed by atoms with Crippen LogP contribution in [0.2, 0.25) is 0 Å². The van der Waals surface area contributed by atoms with Crippen LogP contribution in [0.4, 0.5) is 0 Å². The van der Waals surface area contributed by atoms with Crippen molar-refractivity contribution in [3.8, 4) is 5.75 Å². The van der Waals surface area contributed by atoms with Gasteiger partial charge in [0.1, 0.15) is 12.4 Å². The predicted octanol–water partition coefficient (Wildman–Crippen LogP) is 1.80. The molecule has 0 aromatic heterocycles. The maximum Gasteiger partial charge on any atom is 0.306 e. The molecule has 124 valence electrons. The molecule has 0 fully saturated rings. The van der Waals surface area contributed by atoms with E-state index in [-0.39, 0.29) is 24.3 Å². The molecule has 0 bridgehead atoms. The topological polar surface area (TPSA) is 72.9 Å². The van der Waals surface area contributed by atoms with Crippen LogP contribution in [0.1, 0.15) is 25.8 Å². The number of carbonyl (C=O) groups is 1. The predicted molar refractivity (Wildman–Crippen MR) is 84.1 cm³/mol. The molecular weight excluding hydrogens is 306 g/mol. The smallest absolute Gasteiger partial charge is 0.306 e. The summed E-state index contributed by atoms with van der Waals surface area (Å²) in [5, 5.41) is 0. The summed E-state index contributed by atoms with van der Waals surface area (Å²) >= 11 is 0. The fourth-order valence-electron chi connectivity index (χ4n) is 1.94. The molecule has 1 rings (SSSR count). The summed E-state index contributed by atoms with van der Waals surface area (Å²) in [6.07, 6.45) is 1.83. The molecule has 0 aliphatic carbocycles. The van der Waals surface area contributed by atoms with Crippen molar-refractivity contribution in [3.05, 3.63) is 29.8 Å². The Morgan fingerprint density at radius 1 is 1.27 bits per heavy atom. The highest BCUT2D eigenvalue weighted by molar-refractivity contribution is 7.86. The second kappa shape index (κ2) is 8.14. The summed E-state index contributed by atoms with van der Waals surface area (Å²) in [5.74, 6) is 0.179. The molecule has 0 heterocycles. The van der Waals surface area contributed by atoms with Crippen molar-refractivity contribution in [2.75, 3.05) is 20.0 Å². The Kier molecular flexibility index (Phi) is 6.83. The minimum absolute atomic E-state index is 0.0413. The van der Waals surface area contributed by atoms with Gasteiger partial charge in [0, 0.05) is 19.7 Å². The molecule has 0 radical (unpaired) electrons. The van der Waals surface area contributed by atoms with Gasteiger partial charge in [-0.25, -0.2) is 0 Å². The first-order chi connectivity index (χ1) is 10.3. The Bertz CT molecular complexity index is 582. The Morgan fingerprint density at radius 2 is 1.86 bits per heavy atom. The van der Waals surface area contributed by atoms with Crippen LogP contribution in [-0.4, -0.2) is 45.2 Å². The maximum absolute atomic E-state index is 12.1. The SMILES string of the molecule is CCC(C)N(Cc1ccc(OS(C)(=O)=O)cc1)C(=O)COC. The molecule has 0 saturated carbocycles. The first-order valence-corrected chi connectivity index (χ1v) is 8.85. The van der Waals surface area contributed by atoms with Crippen molar-refractivity contribution in [1.82, 2.24) is 4.90 Å². The molecule has 22 heavy (non-hydrogen) atoms. The van der Waals surface area contributed by atoms with E-state index in [1.54, 1.807) is 29.2 Å². The standard InChI is InChI=1S/C15H23NO5S/c1-5-12(2)16(15(17)11-20-3)10-13-6-8-14(9-7-13)21-22(4,18)19/h6-9,12H,5,10-11H2,1-4H3. The van der Waals surface area contributed by atoms with Crippen molar-refractivity contribution in [3.63, 3.8) is 0 Å². The summed E-state index contributed by atoms with van der Waals surface area (Å²) in [6, 6.07) is 6.73. The Morgan fingerprint density at radius 3 is 2.32 bits per heavy atom. The van der Waals surface area contributed by atoms with Crippen molar-refractivity contribution in [1.29, 1.82) is 0 Å². The lowest BCUT2D eigenvalue weighted by Gasteiger charge is -2.28. The van der Waals surface area contributed by atoms with Crippen molar-refractivity contribution in [2.24, 2.45) is 0 Å². The molecule has 0 aliphatic heterocycles. The third-order valence-electron chi connectivity index (χ3n) is 3.23. The van der Waals surface area contributed by atoms with Crippen LogP contribution in [-0.2, 0) is 26.2 Å². The lowest BCUT2D eigenvalue weighted by molar-refractivity contribution is -0.138. The van der Waals surface area contributed by atoms with Crippen LogP contribution in [0.15, 0.2) is 24.3 Å². The lowest BCUT2D eigenvalue weighted by atomic mass is 10.1. The van der Waals surface area contributed by atoms with Gasteiger partial charge in [0.05, 0.1) is 6.26 Å². The highest BCUT2D eigenvalue weighted by Gasteiger charge is 2.19. The van der Waals surface area contributed by atoms with Gasteiger partial charge in [0.2, 0.25) is 5.91 Å². The Labute approximate surface area is 132 Å². The third-order valence-corrected chi connectivity index (χ3v) is 3.73. The number of hydrogen-bond donors (Lipinski definition) is 0. The van der Waals surface area contributed by atoms with Crippen molar-refractivity contribution < 1.29 is 22.1 Å². The van der Waals surface area contributed by atoms with Gasteiger partial charge in [-0.2, -0.15) is 8.42 Å². The van der Waals surface area contributed by atoms with Crippen LogP contribution in [0.25, 0.3) is 0 Å². The van der Waals surface area contributed by atoms with Crippen molar-refractivity contribution >= 4 is 16.0 Å². The zero-order valence-corrected chi connectivity index (χ0v) is 14.2. The van der Waals surface area contributed by atoms with Crippen LogP contribution in [0, 0.1) is 0 Å². The summed E-state index contributed by atoms with van der Waals surface area (Å²) < 4.78 is 31.8. The number of rotatable bonds is 8. The molecule has 0 aliphatic rings. The van der Waals surface area contributed by atoms with Crippen LogP contribution in [0.3, 0.4) is 0 Å². The molecule has 1 aromatic carbocycles. The number of hydrogen-bond acceptors (Lipinski definition) is 5. The van der Waals surface area contributed by atoms with E-state index in [0.717, 1.165) is 18.2 Å². The number of methoxy groups -OCH3 is 1. The normalized spacial score (nSPS) is 12.7. The van der Waals surface area contributed by atoms with Crippen LogP contribution >= 0.6 is 0 Å². The van der Waals surface area contributed by atoms with E-state index in [1.807, 2.05) is 13.8 Å². The van der Waals surface area contributed by atoms with Gasteiger partial charge in [0.25, 0.3) is 0 Å². The van der Waals surface area contributed by atoms with E-state index >= 15 is 0 Å². The number of ether oxygens (including phenoxy) is 1. The highest BCUT2D eigenvalue weighted by Crippen LogP contribution is 2.17. The van der Waals surface area contributed by atoms with Gasteiger partial charge in [-0.1, -0.05) is 19.1 Å². The number of carbonyl (C=O) groups excluding carboxylic acids is 1. The van der Waals surface area contributed by atoms with E-state index in [0.29, 0.717) is 6.54 Å². The first-order valence-electron chi connectivity index (χ1n) is 7.03. The second-order valence-corrected chi connectivity index (χ2v) is 6.72. The molecule has 1 amide bonds. The number of nitrogens with zero attached hydrogens (tertiary/aromatic N) is 1. The molecule has 1 unspecified atom stereocenters. The molecular formula is C15H23NO5S. The lowest BCUT2D eigenvalue weighted by Crippen LogP contribution is -2.39. The van der Waals surface area contributed by atoms with E-state index in [4.69, 9.17) is 8.92 Å². The van der Waals surface area contributed by atoms with E-state index in [2.05, 4.69) is 0 Å². The average Bonchev–Trinajstić information content (AvgIpc) is 2.44. The molecule has 1 aromatic rings. The summed E-state index contributed by atoms with van der Waals surface area (Å²) in [7, 11) is -2.04. The first kappa shape index (κ1) is 18.4. The van der Waals surface area contributed by atoms with Gasteiger partial charge in [-0.05, 0) is 31.0 Å². The third kappa shape index (κ3) is 6.03. The fourth-order valence-corrected chi connectivity index (χ4v) is 2.40. The van der Waals surface area contributed by atoms with Gasteiger partial charge < -0.3 is 13.8 Å². The fraction of sp³-hybridized carbons (Fsp3) is 0.533. The monoisotopic (exact) mass is 329 g/mol. The minimum atomic E-state index is -3.53. The minimum Gasteiger partial charge on any atom is -0.383 e. The van der Waals surface area contributed by atoms with E-state index < -0.39 is 10.1 Å². The summed E-state index contributed by atoms with van der Waals surface area (Å²) in [6.45, 7) is 4.48. The summed E-state index contributed by atoms with van der Waals surface area (Å²) in [5.41, 5.74) is 0.894. The average molecular weight is 329 g/mol. The Balaban J connectivity index is 2.83. The van der Waals surface area contributed by atoms with Crippen LogP contribution < -0.4 is 4.18 Å². The van der Waals surface area contributed by atoms with Gasteiger partial charge in [-0.3, -0.25) is 4.79 Å². The second-order valence-electron chi connectivity index (χ2n) is 5.14. The largest absolute Gasteiger partial charge is 0.383 e.